The van der Waals surface area contributed by atoms with Gasteiger partial charge in [-0.05, 0) is 68.6 Å². The molecule has 1 N–H and O–H groups in total. The second kappa shape index (κ2) is 11.2. The minimum Gasteiger partial charge on any atom is -0.376 e. The van der Waals surface area contributed by atoms with Crippen LogP contribution in [0.3, 0.4) is 0 Å². The van der Waals surface area contributed by atoms with E-state index in [1.165, 1.54) is 18.6 Å². The molecule has 2 aliphatic rings. The molecule has 3 aromatic rings. The highest BCUT2D eigenvalue weighted by atomic mass is 32.1. The molecule has 0 saturated carbocycles. The zero-order valence-electron chi connectivity index (χ0n) is 19.8. The standard InChI is InChI=1S/C27H31FN4O2S/c28-21-11-13-22(14-12-21)29-27(35)32(18-23-10-7-17-33-23)19-24-25(20-8-3-1-4-9-20)30-34-26(24)31-15-5-2-6-16-31/h1,3-4,8-9,11-14,23H,2,5-7,10,15-19H2,(H,29,35)/t23-/m0/s1. The molecule has 2 aliphatic heterocycles. The monoisotopic (exact) mass is 494 g/mol. The summed E-state index contributed by atoms with van der Waals surface area (Å²) in [4.78, 5) is 4.43. The van der Waals surface area contributed by atoms with Gasteiger partial charge in [0.25, 0.3) is 0 Å². The second-order valence-electron chi connectivity index (χ2n) is 9.18. The number of aromatic nitrogens is 1. The van der Waals surface area contributed by atoms with Crippen LogP contribution in [0.4, 0.5) is 16.0 Å². The number of nitrogens with zero attached hydrogens (tertiary/aromatic N) is 3. The van der Waals surface area contributed by atoms with Crippen molar-refractivity contribution in [3.8, 4) is 11.3 Å². The second-order valence-corrected chi connectivity index (χ2v) is 9.57. The van der Waals surface area contributed by atoms with E-state index in [0.29, 0.717) is 18.2 Å². The van der Waals surface area contributed by atoms with Crippen molar-refractivity contribution < 1.29 is 13.7 Å². The fourth-order valence-electron chi connectivity index (χ4n) is 4.79. The summed E-state index contributed by atoms with van der Waals surface area (Å²) in [5.74, 6) is 0.548. The van der Waals surface area contributed by atoms with Crippen LogP contribution in [0.15, 0.2) is 59.1 Å². The van der Waals surface area contributed by atoms with Gasteiger partial charge in [0.05, 0.1) is 18.2 Å². The normalized spacial score (nSPS) is 18.0. The highest BCUT2D eigenvalue weighted by molar-refractivity contribution is 7.80. The Hall–Kier alpha value is -2.97. The highest BCUT2D eigenvalue weighted by Gasteiger charge is 2.28. The molecule has 2 aromatic carbocycles. The van der Waals surface area contributed by atoms with Crippen molar-refractivity contribution in [1.29, 1.82) is 0 Å². The first-order valence-electron chi connectivity index (χ1n) is 12.4. The lowest BCUT2D eigenvalue weighted by atomic mass is 10.1. The van der Waals surface area contributed by atoms with Crippen LogP contribution in [0.25, 0.3) is 11.3 Å². The summed E-state index contributed by atoms with van der Waals surface area (Å²) in [5, 5.41) is 8.37. The fraction of sp³-hybridized carbons (Fsp3) is 0.407. The molecule has 2 fully saturated rings. The Kier molecular flexibility index (Phi) is 7.59. The van der Waals surface area contributed by atoms with Gasteiger partial charge in [0.15, 0.2) is 5.11 Å². The number of anilines is 2. The highest BCUT2D eigenvalue weighted by Crippen LogP contribution is 2.34. The van der Waals surface area contributed by atoms with Gasteiger partial charge < -0.3 is 24.4 Å². The third-order valence-corrected chi connectivity index (χ3v) is 7.00. The Morgan fingerprint density at radius 1 is 1.06 bits per heavy atom. The molecule has 6 nitrogen and oxygen atoms in total. The van der Waals surface area contributed by atoms with E-state index in [1.807, 2.05) is 18.2 Å². The van der Waals surface area contributed by atoms with Crippen LogP contribution in [0.5, 0.6) is 0 Å². The van der Waals surface area contributed by atoms with Gasteiger partial charge in [-0.15, -0.1) is 0 Å². The minimum atomic E-state index is -0.277. The van der Waals surface area contributed by atoms with Gasteiger partial charge in [0.1, 0.15) is 11.5 Å². The van der Waals surface area contributed by atoms with Crippen LogP contribution in [0, 0.1) is 5.82 Å². The summed E-state index contributed by atoms with van der Waals surface area (Å²) in [7, 11) is 0. The van der Waals surface area contributed by atoms with E-state index in [2.05, 4.69) is 32.4 Å². The lowest BCUT2D eigenvalue weighted by molar-refractivity contribution is 0.0905. The van der Waals surface area contributed by atoms with E-state index in [9.17, 15) is 4.39 Å². The smallest absolute Gasteiger partial charge is 0.232 e. The maximum atomic E-state index is 13.4. The van der Waals surface area contributed by atoms with Crippen molar-refractivity contribution in [2.45, 2.75) is 44.8 Å². The lowest BCUT2D eigenvalue weighted by Gasteiger charge is -2.30. The largest absolute Gasteiger partial charge is 0.376 e. The Balaban J connectivity index is 1.46. The molecule has 35 heavy (non-hydrogen) atoms. The number of hydrogen-bond donors (Lipinski definition) is 1. The van der Waals surface area contributed by atoms with Crippen LogP contribution in [0.2, 0.25) is 0 Å². The third-order valence-electron chi connectivity index (χ3n) is 6.64. The quantitative estimate of drug-likeness (QED) is 0.414. The number of benzene rings is 2. The van der Waals surface area contributed by atoms with E-state index in [1.54, 1.807) is 12.1 Å². The van der Waals surface area contributed by atoms with Crippen LogP contribution in [-0.2, 0) is 11.3 Å². The van der Waals surface area contributed by atoms with Crippen molar-refractivity contribution in [2.75, 3.05) is 36.5 Å². The molecule has 0 aliphatic carbocycles. The van der Waals surface area contributed by atoms with Crippen molar-refractivity contribution >= 4 is 28.9 Å². The molecule has 0 bridgehead atoms. The first-order chi connectivity index (χ1) is 17.2. The number of hydrogen-bond acceptors (Lipinski definition) is 5. The van der Waals surface area contributed by atoms with Gasteiger partial charge in [-0.3, -0.25) is 0 Å². The van der Waals surface area contributed by atoms with Crippen LogP contribution >= 0.6 is 12.2 Å². The van der Waals surface area contributed by atoms with Crippen molar-refractivity contribution in [2.24, 2.45) is 0 Å². The molecule has 1 aromatic heterocycles. The molecule has 0 radical (unpaired) electrons. The minimum absolute atomic E-state index is 0.112. The summed E-state index contributed by atoms with van der Waals surface area (Å²) in [6, 6.07) is 16.4. The summed E-state index contributed by atoms with van der Waals surface area (Å²) >= 11 is 5.86. The summed E-state index contributed by atoms with van der Waals surface area (Å²) in [5.41, 5.74) is 3.63. The Morgan fingerprint density at radius 2 is 1.83 bits per heavy atom. The molecule has 1 atom stereocenters. The van der Waals surface area contributed by atoms with Gasteiger partial charge in [0.2, 0.25) is 5.88 Å². The van der Waals surface area contributed by atoms with Gasteiger partial charge in [0, 0.05) is 37.5 Å². The molecule has 5 rings (SSSR count). The Labute approximate surface area is 211 Å². The van der Waals surface area contributed by atoms with E-state index < -0.39 is 0 Å². The van der Waals surface area contributed by atoms with Crippen molar-refractivity contribution in [1.82, 2.24) is 10.1 Å². The van der Waals surface area contributed by atoms with Crippen LogP contribution < -0.4 is 10.2 Å². The molecule has 0 amide bonds. The summed E-state index contributed by atoms with van der Waals surface area (Å²) in [6.07, 6.45) is 5.70. The zero-order chi connectivity index (χ0) is 24.0. The Bertz CT molecular complexity index is 1110. The number of ether oxygens (including phenoxy) is 1. The average molecular weight is 495 g/mol. The van der Waals surface area contributed by atoms with Crippen molar-refractivity contribution in [3.05, 3.63) is 66.0 Å². The number of halogens is 1. The number of piperidine rings is 1. The summed E-state index contributed by atoms with van der Waals surface area (Å²) in [6.45, 7) is 3.89. The zero-order valence-corrected chi connectivity index (χ0v) is 20.6. The maximum Gasteiger partial charge on any atom is 0.232 e. The number of nitrogens with one attached hydrogen (secondary N) is 1. The van der Waals surface area contributed by atoms with Crippen LogP contribution in [-0.4, -0.2) is 47.5 Å². The average Bonchev–Trinajstić information content (AvgIpc) is 3.56. The predicted octanol–water partition coefficient (Wildman–Crippen LogP) is 5.85. The van der Waals surface area contributed by atoms with Gasteiger partial charge in [-0.1, -0.05) is 35.5 Å². The van der Waals surface area contributed by atoms with E-state index >= 15 is 0 Å². The molecule has 184 valence electrons. The maximum absolute atomic E-state index is 13.4. The molecule has 8 heteroatoms. The molecule has 2 saturated heterocycles. The van der Waals surface area contributed by atoms with E-state index in [0.717, 1.165) is 73.8 Å². The SMILES string of the molecule is Fc1ccc(NC(=S)N(Cc2c(-c3ccccc3)noc2N2CCCCC2)C[C@@H]2CCCO2)cc1. The fourth-order valence-corrected chi connectivity index (χ4v) is 5.05. The van der Waals surface area contributed by atoms with Gasteiger partial charge in [-0.25, -0.2) is 4.39 Å². The molecule has 0 unspecified atom stereocenters. The van der Waals surface area contributed by atoms with Gasteiger partial charge >= 0.3 is 0 Å². The molecule has 3 heterocycles. The predicted molar refractivity (Wildman–Crippen MR) is 140 cm³/mol. The summed E-state index contributed by atoms with van der Waals surface area (Å²) < 4.78 is 25.4. The van der Waals surface area contributed by atoms with E-state index in [-0.39, 0.29) is 11.9 Å². The van der Waals surface area contributed by atoms with Gasteiger partial charge in [-0.2, -0.15) is 0 Å². The molecular formula is C27H31FN4O2S. The first-order valence-corrected chi connectivity index (χ1v) is 12.8. The van der Waals surface area contributed by atoms with Crippen molar-refractivity contribution in [3.63, 3.8) is 0 Å². The molecular weight excluding hydrogens is 463 g/mol. The molecule has 0 spiro atoms. The first kappa shape index (κ1) is 23.8. The number of rotatable bonds is 7. The topological polar surface area (TPSA) is 53.8 Å². The number of thiocarbonyl (C=S) groups is 1. The lowest BCUT2D eigenvalue weighted by Crippen LogP contribution is -2.40. The van der Waals surface area contributed by atoms with E-state index in [4.69, 9.17) is 21.5 Å². The third kappa shape index (κ3) is 5.82. The Morgan fingerprint density at radius 3 is 2.54 bits per heavy atom. The van der Waals surface area contributed by atoms with Crippen LogP contribution in [0.1, 0.15) is 37.7 Å².